The first-order valence-corrected chi connectivity index (χ1v) is 3.22. The lowest BCUT2D eigenvalue weighted by Crippen LogP contribution is -2.05. The largest absolute Gasteiger partial charge is 0.300 e. The molecule has 9 heavy (non-hydrogen) atoms. The molecule has 0 unspecified atom stereocenters. The summed E-state index contributed by atoms with van der Waals surface area (Å²) in [5.41, 5.74) is 0. The van der Waals surface area contributed by atoms with Crippen molar-refractivity contribution in [2.45, 2.75) is 26.2 Å². The third-order valence-corrected chi connectivity index (χ3v) is 1.82. The summed E-state index contributed by atoms with van der Waals surface area (Å²) in [6.45, 7) is 1.56. The number of rotatable bonds is 1. The number of carbonyl (C=O) groups excluding carboxylic acids is 2. The molecule has 0 aromatic carbocycles. The third-order valence-electron chi connectivity index (χ3n) is 1.82. The predicted octanol–water partition coefficient (Wildman–Crippen LogP) is 0.945. The van der Waals surface area contributed by atoms with Crippen molar-refractivity contribution in [1.29, 1.82) is 0 Å². The molecule has 0 aromatic heterocycles. The molecule has 0 bridgehead atoms. The second kappa shape index (κ2) is 2.29. The van der Waals surface area contributed by atoms with Gasteiger partial charge in [0.2, 0.25) is 0 Å². The van der Waals surface area contributed by atoms with Gasteiger partial charge in [0.25, 0.3) is 0 Å². The highest BCUT2D eigenvalue weighted by molar-refractivity contribution is 5.89. The molecular weight excluding hydrogens is 116 g/mol. The summed E-state index contributed by atoms with van der Waals surface area (Å²) < 4.78 is 0. The van der Waals surface area contributed by atoms with Crippen molar-refractivity contribution in [3.63, 3.8) is 0 Å². The molecule has 0 aliphatic heterocycles. The van der Waals surface area contributed by atoms with E-state index in [9.17, 15) is 9.59 Å². The number of carbonyl (C=O) groups is 2. The van der Waals surface area contributed by atoms with Crippen LogP contribution in [0.1, 0.15) is 26.2 Å². The molecule has 0 spiro atoms. The molecular formula is C7H10O2. The zero-order valence-electron chi connectivity index (χ0n) is 5.52. The molecule has 2 heteroatoms. The van der Waals surface area contributed by atoms with Crippen molar-refractivity contribution in [2.75, 3.05) is 0 Å². The quantitative estimate of drug-likeness (QED) is 0.524. The Morgan fingerprint density at radius 1 is 1.67 bits per heavy atom. The van der Waals surface area contributed by atoms with E-state index in [1.165, 1.54) is 0 Å². The minimum Gasteiger partial charge on any atom is -0.300 e. The monoisotopic (exact) mass is 126 g/mol. The van der Waals surface area contributed by atoms with Gasteiger partial charge in [-0.3, -0.25) is 9.59 Å². The van der Waals surface area contributed by atoms with E-state index in [2.05, 4.69) is 0 Å². The Bertz CT molecular complexity index is 149. The van der Waals surface area contributed by atoms with Crippen molar-refractivity contribution in [2.24, 2.45) is 5.92 Å². The maximum atomic E-state index is 10.6. The summed E-state index contributed by atoms with van der Waals surface area (Å²) in [6, 6.07) is 0. The minimum atomic E-state index is 0.0532. The Balaban J connectivity index is 2.48. The molecule has 0 aromatic rings. The molecule has 0 heterocycles. The van der Waals surface area contributed by atoms with E-state index in [-0.39, 0.29) is 17.5 Å². The standard InChI is InChI=1S/C7H10O2/c1-5(8)6-2-3-7(9)4-6/h6H,2-4H2,1H3/t6-/m1/s1. The first kappa shape index (κ1) is 6.46. The van der Waals surface area contributed by atoms with Gasteiger partial charge in [-0.1, -0.05) is 0 Å². The summed E-state index contributed by atoms with van der Waals surface area (Å²) in [5.74, 6) is 0.466. The van der Waals surface area contributed by atoms with Crippen molar-refractivity contribution < 1.29 is 9.59 Å². The fourth-order valence-corrected chi connectivity index (χ4v) is 1.16. The SMILES string of the molecule is CC(=O)[C@@H]1CCC(=O)C1. The highest BCUT2D eigenvalue weighted by Gasteiger charge is 2.24. The molecule has 2 nitrogen and oxygen atoms in total. The second-order valence-corrected chi connectivity index (χ2v) is 2.59. The lowest BCUT2D eigenvalue weighted by molar-refractivity contribution is -0.123. The molecule has 0 saturated heterocycles. The van der Waals surface area contributed by atoms with Crippen LogP contribution in [0.4, 0.5) is 0 Å². The van der Waals surface area contributed by atoms with E-state index in [1.54, 1.807) is 6.92 Å². The van der Waals surface area contributed by atoms with Gasteiger partial charge in [0.15, 0.2) is 0 Å². The van der Waals surface area contributed by atoms with Crippen molar-refractivity contribution in [3.05, 3.63) is 0 Å². The molecule has 1 atom stereocenters. The Kier molecular flexibility index (Phi) is 1.65. The molecule has 1 aliphatic carbocycles. The van der Waals surface area contributed by atoms with Gasteiger partial charge in [0, 0.05) is 18.8 Å². The fraction of sp³-hybridized carbons (Fsp3) is 0.714. The molecule has 1 fully saturated rings. The number of hydrogen-bond donors (Lipinski definition) is 0. The number of ketones is 2. The maximum absolute atomic E-state index is 10.6. The van der Waals surface area contributed by atoms with E-state index in [4.69, 9.17) is 0 Å². The molecule has 0 N–H and O–H groups in total. The molecule has 0 amide bonds. The van der Waals surface area contributed by atoms with Gasteiger partial charge in [0.1, 0.15) is 11.6 Å². The van der Waals surface area contributed by atoms with Gasteiger partial charge < -0.3 is 0 Å². The zero-order valence-corrected chi connectivity index (χ0v) is 5.52. The van der Waals surface area contributed by atoms with Crippen LogP contribution < -0.4 is 0 Å². The predicted molar refractivity (Wildman–Crippen MR) is 33.0 cm³/mol. The van der Waals surface area contributed by atoms with E-state index in [0.29, 0.717) is 12.8 Å². The fourth-order valence-electron chi connectivity index (χ4n) is 1.16. The first-order chi connectivity index (χ1) is 4.20. The summed E-state index contributed by atoms with van der Waals surface area (Å²) in [7, 11) is 0. The summed E-state index contributed by atoms with van der Waals surface area (Å²) in [6.07, 6.45) is 1.90. The van der Waals surface area contributed by atoms with Crippen LogP contribution >= 0.6 is 0 Å². The number of Topliss-reactive ketones (excluding diaryl/α,β-unsaturated/α-hetero) is 2. The molecule has 0 radical (unpaired) electrons. The van der Waals surface area contributed by atoms with Gasteiger partial charge in [-0.15, -0.1) is 0 Å². The normalized spacial score (nSPS) is 26.8. The van der Waals surface area contributed by atoms with Crippen LogP contribution in [0.3, 0.4) is 0 Å². The van der Waals surface area contributed by atoms with E-state index in [0.717, 1.165) is 6.42 Å². The zero-order chi connectivity index (χ0) is 6.85. The lowest BCUT2D eigenvalue weighted by Gasteiger charge is -1.98. The van der Waals surface area contributed by atoms with Crippen LogP contribution in [0.2, 0.25) is 0 Å². The molecule has 50 valence electrons. The van der Waals surface area contributed by atoms with Gasteiger partial charge in [-0.05, 0) is 13.3 Å². The van der Waals surface area contributed by atoms with Crippen LogP contribution in [0.25, 0.3) is 0 Å². The van der Waals surface area contributed by atoms with Crippen molar-refractivity contribution in [3.8, 4) is 0 Å². The third kappa shape index (κ3) is 1.37. The molecule has 1 rings (SSSR count). The van der Waals surface area contributed by atoms with Crippen LogP contribution in [0, 0.1) is 5.92 Å². The van der Waals surface area contributed by atoms with Crippen LogP contribution in [-0.4, -0.2) is 11.6 Å². The smallest absolute Gasteiger partial charge is 0.133 e. The van der Waals surface area contributed by atoms with E-state index in [1.807, 2.05) is 0 Å². The van der Waals surface area contributed by atoms with E-state index >= 15 is 0 Å². The van der Waals surface area contributed by atoms with E-state index < -0.39 is 0 Å². The van der Waals surface area contributed by atoms with Gasteiger partial charge in [-0.25, -0.2) is 0 Å². The highest BCUT2D eigenvalue weighted by Crippen LogP contribution is 2.21. The Morgan fingerprint density at radius 2 is 2.33 bits per heavy atom. The van der Waals surface area contributed by atoms with Crippen molar-refractivity contribution >= 4 is 11.6 Å². The van der Waals surface area contributed by atoms with Crippen molar-refractivity contribution in [1.82, 2.24) is 0 Å². The summed E-state index contributed by atoms with van der Waals surface area (Å²) in [5, 5.41) is 0. The van der Waals surface area contributed by atoms with Gasteiger partial charge >= 0.3 is 0 Å². The average Bonchev–Trinajstić information content (AvgIpc) is 2.14. The molecule has 1 saturated carbocycles. The maximum Gasteiger partial charge on any atom is 0.133 e. The number of hydrogen-bond acceptors (Lipinski definition) is 2. The Labute approximate surface area is 54.2 Å². The molecule has 1 aliphatic rings. The Hall–Kier alpha value is -0.660. The van der Waals surface area contributed by atoms with Crippen LogP contribution in [-0.2, 0) is 9.59 Å². The summed E-state index contributed by atoms with van der Waals surface area (Å²) >= 11 is 0. The van der Waals surface area contributed by atoms with Crippen LogP contribution in [0.5, 0.6) is 0 Å². The Morgan fingerprint density at radius 3 is 2.56 bits per heavy atom. The van der Waals surface area contributed by atoms with Gasteiger partial charge in [-0.2, -0.15) is 0 Å². The summed E-state index contributed by atoms with van der Waals surface area (Å²) in [4.78, 5) is 21.2. The topological polar surface area (TPSA) is 34.1 Å². The average molecular weight is 126 g/mol. The highest BCUT2D eigenvalue weighted by atomic mass is 16.1. The second-order valence-electron chi connectivity index (χ2n) is 2.59. The van der Waals surface area contributed by atoms with Crippen LogP contribution in [0.15, 0.2) is 0 Å². The lowest BCUT2D eigenvalue weighted by atomic mass is 10.0. The minimum absolute atomic E-state index is 0.0532. The van der Waals surface area contributed by atoms with Gasteiger partial charge in [0.05, 0.1) is 0 Å². The first-order valence-electron chi connectivity index (χ1n) is 3.22.